The summed E-state index contributed by atoms with van der Waals surface area (Å²) in [6.07, 6.45) is 9.89. The third kappa shape index (κ3) is 7.51. The lowest BCUT2D eigenvalue weighted by molar-refractivity contribution is -0.162. The molecule has 1 aromatic carbocycles. The van der Waals surface area contributed by atoms with Gasteiger partial charge in [0.05, 0.1) is 0 Å². The number of piperazine rings is 1. The maximum Gasteiger partial charge on any atom is 0.322 e. The molecular weight excluding hydrogens is 520 g/mol. The first-order valence-electron chi connectivity index (χ1n) is 14.3. The normalized spacial score (nSPS) is 21.8. The highest BCUT2D eigenvalue weighted by Crippen LogP contribution is 2.36. The zero-order chi connectivity index (χ0) is 27.1. The first-order chi connectivity index (χ1) is 18.3. The zero-order valence-electron chi connectivity index (χ0n) is 23.0. The summed E-state index contributed by atoms with van der Waals surface area (Å²) in [4.78, 5) is 54.3. The van der Waals surface area contributed by atoms with E-state index in [0.717, 1.165) is 37.7 Å². The summed E-state index contributed by atoms with van der Waals surface area (Å²) in [5.74, 6) is -0.851. The van der Waals surface area contributed by atoms with Crippen LogP contribution in [0.1, 0.15) is 87.1 Å². The van der Waals surface area contributed by atoms with Crippen molar-refractivity contribution >= 4 is 36.1 Å². The third-order valence-corrected chi connectivity index (χ3v) is 8.54. The number of rotatable bonds is 10. The summed E-state index contributed by atoms with van der Waals surface area (Å²) in [7, 11) is 0. The van der Waals surface area contributed by atoms with E-state index in [-0.39, 0.29) is 24.2 Å². The molecule has 1 aromatic rings. The van der Waals surface area contributed by atoms with Gasteiger partial charge in [-0.2, -0.15) is 0 Å². The molecule has 2 heterocycles. The highest BCUT2D eigenvalue weighted by atomic mass is 35.5. The summed E-state index contributed by atoms with van der Waals surface area (Å²) >= 11 is 0. The van der Waals surface area contributed by atoms with Crippen LogP contribution in [0.3, 0.4) is 0 Å². The summed E-state index contributed by atoms with van der Waals surface area (Å²) < 4.78 is 0. The number of hydrogen-bond acceptors (Lipinski definition) is 5. The van der Waals surface area contributed by atoms with Crippen molar-refractivity contribution < 1.29 is 24.3 Å². The number of amides is 3. The fourth-order valence-corrected chi connectivity index (χ4v) is 6.29. The van der Waals surface area contributed by atoms with Gasteiger partial charge in [-0.15, -0.1) is 12.4 Å². The zero-order valence-corrected chi connectivity index (χ0v) is 23.8. The number of aliphatic carboxylic acids is 1. The van der Waals surface area contributed by atoms with Gasteiger partial charge in [-0.05, 0) is 49.3 Å². The maximum atomic E-state index is 13.7. The first kappa shape index (κ1) is 30.9. The molecule has 0 unspecified atom stereocenters. The van der Waals surface area contributed by atoms with Gasteiger partial charge in [0.2, 0.25) is 11.8 Å². The Bertz CT molecular complexity index is 1000. The third-order valence-electron chi connectivity index (χ3n) is 8.54. The van der Waals surface area contributed by atoms with Crippen LogP contribution in [0.15, 0.2) is 24.3 Å². The largest absolute Gasteiger partial charge is 0.480 e. The number of piperidine rings is 1. The topological polar surface area (TPSA) is 119 Å². The summed E-state index contributed by atoms with van der Waals surface area (Å²) in [5.41, 5.74) is 0.687. The Morgan fingerprint density at radius 1 is 1.08 bits per heavy atom. The Morgan fingerprint density at radius 2 is 1.74 bits per heavy atom. The molecular formula is C29H43ClN4O5. The van der Waals surface area contributed by atoms with Crippen molar-refractivity contribution in [2.75, 3.05) is 26.2 Å². The van der Waals surface area contributed by atoms with E-state index in [1.165, 1.54) is 19.3 Å². The minimum absolute atomic E-state index is 0. The van der Waals surface area contributed by atoms with E-state index in [9.17, 15) is 19.2 Å². The number of nitrogens with zero attached hydrogens (tertiary/aromatic N) is 2. The molecule has 1 aliphatic carbocycles. The molecule has 39 heavy (non-hydrogen) atoms. The molecule has 3 aliphatic rings. The van der Waals surface area contributed by atoms with E-state index < -0.39 is 30.0 Å². The van der Waals surface area contributed by atoms with Crippen molar-refractivity contribution in [3.8, 4) is 0 Å². The van der Waals surface area contributed by atoms with Crippen LogP contribution in [0.25, 0.3) is 0 Å². The van der Waals surface area contributed by atoms with Crippen LogP contribution >= 0.6 is 12.4 Å². The highest BCUT2D eigenvalue weighted by Gasteiger charge is 2.53. The Balaban J connectivity index is 0.00000420. The molecule has 4 rings (SSSR count). The average molecular weight is 563 g/mol. The van der Waals surface area contributed by atoms with Crippen LogP contribution in [-0.2, 0) is 20.9 Å². The molecule has 9 nitrogen and oxygen atoms in total. The Kier molecular flexibility index (Phi) is 11.2. The second-order valence-electron chi connectivity index (χ2n) is 11.2. The van der Waals surface area contributed by atoms with Gasteiger partial charge in [0.1, 0.15) is 18.1 Å². The van der Waals surface area contributed by atoms with Crippen LogP contribution in [0.2, 0.25) is 0 Å². The Morgan fingerprint density at radius 3 is 2.36 bits per heavy atom. The summed E-state index contributed by atoms with van der Waals surface area (Å²) in [6.45, 7) is 4.43. The van der Waals surface area contributed by atoms with E-state index in [4.69, 9.17) is 5.11 Å². The number of carbonyl (C=O) groups excluding carboxylic acids is 3. The van der Waals surface area contributed by atoms with Crippen molar-refractivity contribution in [1.82, 2.24) is 20.4 Å². The second kappa shape index (κ2) is 14.1. The van der Waals surface area contributed by atoms with Gasteiger partial charge in [0.15, 0.2) is 0 Å². The minimum Gasteiger partial charge on any atom is -0.480 e. The van der Waals surface area contributed by atoms with Crippen molar-refractivity contribution in [3.63, 3.8) is 0 Å². The molecule has 3 N–H and O–H groups in total. The number of benzene rings is 1. The van der Waals surface area contributed by atoms with Gasteiger partial charge < -0.3 is 20.6 Å². The fourth-order valence-electron chi connectivity index (χ4n) is 6.29. The van der Waals surface area contributed by atoms with Crippen molar-refractivity contribution in [2.24, 2.45) is 5.92 Å². The van der Waals surface area contributed by atoms with Crippen molar-refractivity contribution in [1.29, 1.82) is 0 Å². The van der Waals surface area contributed by atoms with Crippen LogP contribution in [0.5, 0.6) is 0 Å². The molecule has 0 radical (unpaired) electrons. The lowest BCUT2D eigenvalue weighted by atomic mass is 9.79. The maximum absolute atomic E-state index is 13.7. The second-order valence-corrected chi connectivity index (χ2v) is 11.2. The minimum atomic E-state index is -1.08. The van der Waals surface area contributed by atoms with Gasteiger partial charge in [-0.25, -0.2) is 0 Å². The number of nitrogens with one attached hydrogen (secondary N) is 2. The van der Waals surface area contributed by atoms with Crippen LogP contribution in [0, 0.1) is 5.92 Å². The SMILES string of the molecule is CCCCN1C(=O)[C@H](CC2CCCCC2)NC(=O)C12CCN(Cc1ccc(C(=O)NCC(=O)O)cc1)CC2.Cl. The van der Waals surface area contributed by atoms with Gasteiger partial charge in [0.25, 0.3) is 5.91 Å². The Labute approximate surface area is 237 Å². The van der Waals surface area contributed by atoms with Gasteiger partial charge in [0, 0.05) is 31.7 Å². The van der Waals surface area contributed by atoms with Crippen LogP contribution in [0.4, 0.5) is 0 Å². The van der Waals surface area contributed by atoms with E-state index >= 15 is 0 Å². The number of halogens is 1. The number of carbonyl (C=O) groups is 4. The molecule has 3 amide bonds. The van der Waals surface area contributed by atoms with E-state index in [1.54, 1.807) is 12.1 Å². The highest BCUT2D eigenvalue weighted by molar-refractivity contribution is 6.00. The van der Waals surface area contributed by atoms with Crippen molar-refractivity contribution in [3.05, 3.63) is 35.4 Å². The first-order valence-corrected chi connectivity index (χ1v) is 14.3. The van der Waals surface area contributed by atoms with E-state index in [2.05, 4.69) is 22.5 Å². The van der Waals surface area contributed by atoms with Crippen molar-refractivity contribution in [2.45, 2.75) is 89.3 Å². The number of carboxylic acid groups (broad SMARTS) is 1. The standard InChI is InChI=1S/C29H42N4O5.ClH/c1-2-3-15-33-27(37)24(18-21-7-5-4-6-8-21)31-28(38)29(33)13-16-32(17-14-29)20-22-9-11-23(12-10-22)26(36)30-19-25(34)35;/h9-12,21,24H,2-8,13-20H2,1H3,(H,30,36)(H,31,38)(H,34,35);1H/t24-;/m0./s1. The van der Waals surface area contributed by atoms with Gasteiger partial charge in [-0.3, -0.25) is 24.1 Å². The van der Waals surface area contributed by atoms with Crippen LogP contribution in [-0.4, -0.2) is 76.4 Å². The summed E-state index contributed by atoms with van der Waals surface area (Å²) in [5, 5.41) is 14.3. The number of carboxylic acids is 1. The Hall–Kier alpha value is -2.65. The number of unbranched alkanes of at least 4 members (excludes halogenated alkanes) is 1. The number of likely N-dealkylation sites (tertiary alicyclic amines) is 1. The van der Waals surface area contributed by atoms with E-state index in [0.29, 0.717) is 50.5 Å². The van der Waals surface area contributed by atoms with Gasteiger partial charge >= 0.3 is 5.97 Å². The monoisotopic (exact) mass is 562 g/mol. The molecule has 0 bridgehead atoms. The average Bonchev–Trinajstić information content (AvgIpc) is 2.92. The lowest BCUT2D eigenvalue weighted by Gasteiger charge is -2.52. The molecule has 10 heteroatoms. The predicted octanol–water partition coefficient (Wildman–Crippen LogP) is 3.35. The smallest absolute Gasteiger partial charge is 0.322 e. The molecule has 3 fully saturated rings. The lowest BCUT2D eigenvalue weighted by Crippen LogP contribution is -2.73. The number of hydrogen-bond donors (Lipinski definition) is 3. The van der Waals surface area contributed by atoms with E-state index in [1.807, 2.05) is 17.0 Å². The molecule has 2 aliphatic heterocycles. The molecule has 2 saturated heterocycles. The summed E-state index contributed by atoms with van der Waals surface area (Å²) in [6, 6.07) is 6.76. The van der Waals surface area contributed by atoms with Crippen LogP contribution < -0.4 is 10.6 Å². The molecule has 1 spiro atoms. The molecule has 0 aromatic heterocycles. The quantitative estimate of drug-likeness (QED) is 0.402. The van der Waals surface area contributed by atoms with Gasteiger partial charge in [-0.1, -0.05) is 57.6 Å². The molecule has 216 valence electrons. The molecule has 1 atom stereocenters. The predicted molar refractivity (Wildman–Crippen MR) is 151 cm³/mol. The fraction of sp³-hybridized carbons (Fsp3) is 0.655. The molecule has 1 saturated carbocycles.